The van der Waals surface area contributed by atoms with E-state index in [0.29, 0.717) is 6.17 Å². The molecule has 0 aliphatic carbocycles. The van der Waals surface area contributed by atoms with E-state index in [1.54, 1.807) is 0 Å². The predicted octanol–water partition coefficient (Wildman–Crippen LogP) is 0.937. The van der Waals surface area contributed by atoms with Gasteiger partial charge in [-0.25, -0.2) is 0 Å². The van der Waals surface area contributed by atoms with Crippen molar-refractivity contribution in [3.05, 3.63) is 0 Å². The Morgan fingerprint density at radius 2 is 1.45 bits per heavy atom. The predicted molar refractivity (Wildman–Crippen MR) is 81.7 cm³/mol. The van der Waals surface area contributed by atoms with Gasteiger partial charge >= 0.3 is 0 Å². The van der Waals surface area contributed by atoms with Gasteiger partial charge in [-0.3, -0.25) is 14.7 Å². The Bertz CT molecular complexity index is 334. The largest absolute Gasteiger partial charge is 0.309 e. The molecule has 4 rings (SSSR count). The molecule has 4 saturated heterocycles. The van der Waals surface area contributed by atoms with Crippen LogP contribution in [0.5, 0.6) is 0 Å². The number of nitrogens with zero attached hydrogens (tertiary/aromatic N) is 3. The minimum atomic E-state index is 0.641. The van der Waals surface area contributed by atoms with E-state index in [-0.39, 0.29) is 0 Å². The van der Waals surface area contributed by atoms with E-state index >= 15 is 0 Å². The molecule has 0 amide bonds. The number of hydrogen-bond donors (Lipinski definition) is 1. The van der Waals surface area contributed by atoms with E-state index in [1.165, 1.54) is 58.4 Å². The van der Waals surface area contributed by atoms with Gasteiger partial charge in [0.05, 0.1) is 6.17 Å². The number of rotatable bonds is 3. The fraction of sp³-hybridized carbons (Fsp3) is 1.00. The van der Waals surface area contributed by atoms with Crippen LogP contribution in [0.25, 0.3) is 0 Å². The molecule has 4 heterocycles. The maximum Gasteiger partial charge on any atom is 0.0595 e. The number of fused-ring (bicyclic) bond motifs is 4. The molecule has 0 radical (unpaired) electrons. The highest BCUT2D eigenvalue weighted by atomic mass is 15.4. The summed E-state index contributed by atoms with van der Waals surface area (Å²) in [7, 11) is 0. The standard InChI is InChI=1S/C16H30N4/c1-3-20-15-6-7-16(20)11-19(10-15)12(2)18-8-13-4-5-14(9-18)17-13/h12-17H,3-11H2,1-2H3. The molecule has 4 aliphatic heterocycles. The van der Waals surface area contributed by atoms with Crippen molar-refractivity contribution in [3.8, 4) is 0 Å². The minimum Gasteiger partial charge on any atom is -0.309 e. The number of likely N-dealkylation sites (N-methyl/N-ethyl adjacent to an activating group) is 1. The molecule has 0 saturated carbocycles. The van der Waals surface area contributed by atoms with Crippen LogP contribution in [0.3, 0.4) is 0 Å². The Morgan fingerprint density at radius 3 is 2.00 bits per heavy atom. The second-order valence-corrected chi connectivity index (χ2v) is 7.39. The molecule has 4 nitrogen and oxygen atoms in total. The SMILES string of the molecule is CCN1C2CCC1CN(C(C)N1CC3CCC(C1)N3)C2. The molecule has 0 aromatic rings. The number of likely N-dealkylation sites (tertiary alicyclic amines) is 2. The highest BCUT2D eigenvalue weighted by molar-refractivity contribution is 4.99. The van der Waals surface area contributed by atoms with Gasteiger partial charge in [-0.2, -0.15) is 0 Å². The molecular formula is C16H30N4. The lowest BCUT2D eigenvalue weighted by molar-refractivity contribution is -0.0217. The molecule has 4 heteroatoms. The van der Waals surface area contributed by atoms with Gasteiger partial charge in [-0.05, 0) is 39.2 Å². The van der Waals surface area contributed by atoms with E-state index in [1.807, 2.05) is 0 Å². The zero-order valence-electron chi connectivity index (χ0n) is 13.1. The summed E-state index contributed by atoms with van der Waals surface area (Å²) >= 11 is 0. The smallest absolute Gasteiger partial charge is 0.0595 e. The Hall–Kier alpha value is -0.160. The first kappa shape index (κ1) is 13.5. The number of nitrogens with one attached hydrogen (secondary N) is 1. The quantitative estimate of drug-likeness (QED) is 0.829. The molecule has 4 fully saturated rings. The van der Waals surface area contributed by atoms with Crippen LogP contribution in [0.1, 0.15) is 39.5 Å². The van der Waals surface area contributed by atoms with E-state index in [9.17, 15) is 0 Å². The van der Waals surface area contributed by atoms with Crippen LogP contribution in [-0.2, 0) is 0 Å². The summed E-state index contributed by atoms with van der Waals surface area (Å²) in [6, 6.07) is 3.20. The van der Waals surface area contributed by atoms with Crippen LogP contribution in [-0.4, -0.2) is 77.8 Å². The molecule has 1 N–H and O–H groups in total. The topological polar surface area (TPSA) is 21.8 Å². The van der Waals surface area contributed by atoms with Gasteiger partial charge in [0.1, 0.15) is 0 Å². The fourth-order valence-corrected chi connectivity index (χ4v) is 5.21. The van der Waals surface area contributed by atoms with Crippen molar-refractivity contribution in [2.24, 2.45) is 0 Å². The maximum atomic E-state index is 3.76. The average Bonchev–Trinajstić information content (AvgIpc) is 2.93. The van der Waals surface area contributed by atoms with Gasteiger partial charge in [0.2, 0.25) is 0 Å². The Kier molecular flexibility index (Phi) is 3.53. The van der Waals surface area contributed by atoms with Crippen LogP contribution in [0.2, 0.25) is 0 Å². The Labute approximate surface area is 123 Å². The fourth-order valence-electron chi connectivity index (χ4n) is 5.21. The van der Waals surface area contributed by atoms with Crippen molar-refractivity contribution in [3.63, 3.8) is 0 Å². The average molecular weight is 278 g/mol. The molecular weight excluding hydrogens is 248 g/mol. The lowest BCUT2D eigenvalue weighted by Gasteiger charge is -2.47. The lowest BCUT2D eigenvalue weighted by atomic mass is 10.1. The lowest BCUT2D eigenvalue weighted by Crippen LogP contribution is -2.62. The van der Waals surface area contributed by atoms with Gasteiger partial charge in [0.15, 0.2) is 0 Å². The summed E-state index contributed by atoms with van der Waals surface area (Å²) in [6.07, 6.45) is 6.27. The van der Waals surface area contributed by atoms with Gasteiger partial charge in [-0.1, -0.05) is 6.92 Å². The second-order valence-electron chi connectivity index (χ2n) is 7.39. The number of piperazine rings is 2. The normalized spacial score (nSPS) is 44.1. The molecule has 0 aromatic heterocycles. The highest BCUT2D eigenvalue weighted by Gasteiger charge is 2.42. The van der Waals surface area contributed by atoms with Gasteiger partial charge in [0, 0.05) is 50.3 Å². The highest BCUT2D eigenvalue weighted by Crippen LogP contribution is 2.32. The minimum absolute atomic E-state index is 0.641. The van der Waals surface area contributed by atoms with Crippen molar-refractivity contribution in [2.75, 3.05) is 32.7 Å². The maximum absolute atomic E-state index is 3.76. The molecule has 20 heavy (non-hydrogen) atoms. The Balaban J connectivity index is 1.41. The molecule has 114 valence electrons. The molecule has 0 spiro atoms. The van der Waals surface area contributed by atoms with E-state index in [4.69, 9.17) is 0 Å². The second kappa shape index (κ2) is 5.24. The van der Waals surface area contributed by atoms with Crippen LogP contribution in [0.4, 0.5) is 0 Å². The summed E-state index contributed by atoms with van der Waals surface area (Å²) in [4.78, 5) is 8.28. The van der Waals surface area contributed by atoms with Gasteiger partial charge < -0.3 is 5.32 Å². The number of hydrogen-bond acceptors (Lipinski definition) is 4. The molecule has 5 unspecified atom stereocenters. The summed E-state index contributed by atoms with van der Waals surface area (Å²) in [6.45, 7) is 11.1. The van der Waals surface area contributed by atoms with Crippen molar-refractivity contribution < 1.29 is 0 Å². The van der Waals surface area contributed by atoms with Gasteiger partial charge in [-0.15, -0.1) is 0 Å². The summed E-state index contributed by atoms with van der Waals surface area (Å²) in [5, 5.41) is 3.76. The molecule has 4 bridgehead atoms. The van der Waals surface area contributed by atoms with Crippen molar-refractivity contribution in [1.82, 2.24) is 20.0 Å². The third-order valence-electron chi connectivity index (χ3n) is 6.33. The summed E-state index contributed by atoms with van der Waals surface area (Å²) in [5.41, 5.74) is 0. The first-order chi connectivity index (χ1) is 9.74. The van der Waals surface area contributed by atoms with Crippen molar-refractivity contribution in [2.45, 2.75) is 69.9 Å². The van der Waals surface area contributed by atoms with E-state index in [2.05, 4.69) is 33.9 Å². The van der Waals surface area contributed by atoms with E-state index < -0.39 is 0 Å². The third kappa shape index (κ3) is 2.21. The molecule has 4 aliphatic rings. The summed E-state index contributed by atoms with van der Waals surface area (Å²) < 4.78 is 0. The van der Waals surface area contributed by atoms with Crippen LogP contribution >= 0.6 is 0 Å². The van der Waals surface area contributed by atoms with Crippen LogP contribution < -0.4 is 5.32 Å². The van der Waals surface area contributed by atoms with Crippen molar-refractivity contribution in [1.29, 1.82) is 0 Å². The van der Waals surface area contributed by atoms with Crippen molar-refractivity contribution >= 4 is 0 Å². The zero-order chi connectivity index (χ0) is 13.7. The monoisotopic (exact) mass is 278 g/mol. The third-order valence-corrected chi connectivity index (χ3v) is 6.33. The first-order valence-corrected chi connectivity index (χ1v) is 8.74. The van der Waals surface area contributed by atoms with Crippen LogP contribution in [0.15, 0.2) is 0 Å². The summed E-state index contributed by atoms with van der Waals surface area (Å²) in [5.74, 6) is 0. The van der Waals surface area contributed by atoms with E-state index in [0.717, 1.165) is 24.2 Å². The zero-order valence-corrected chi connectivity index (χ0v) is 13.1. The Morgan fingerprint density at radius 1 is 0.900 bits per heavy atom. The molecule has 5 atom stereocenters. The van der Waals surface area contributed by atoms with Gasteiger partial charge in [0.25, 0.3) is 0 Å². The van der Waals surface area contributed by atoms with Crippen LogP contribution in [0, 0.1) is 0 Å². The molecule has 0 aromatic carbocycles. The first-order valence-electron chi connectivity index (χ1n) is 8.74.